The topological polar surface area (TPSA) is 96.6 Å². The summed E-state index contributed by atoms with van der Waals surface area (Å²) in [5, 5.41) is 7.51. The molecule has 1 atom stereocenters. The fourth-order valence-electron chi connectivity index (χ4n) is 3.29. The molecule has 0 radical (unpaired) electrons. The van der Waals surface area contributed by atoms with Crippen LogP contribution in [0.4, 0.5) is 5.82 Å². The van der Waals surface area contributed by atoms with E-state index in [0.717, 1.165) is 49.0 Å². The van der Waals surface area contributed by atoms with Crippen molar-refractivity contribution in [2.75, 3.05) is 18.8 Å². The zero-order chi connectivity index (χ0) is 17.1. The Morgan fingerprint density at radius 3 is 2.88 bits per heavy atom. The number of nitrogen functional groups attached to an aromatic ring is 1. The SMILES string of the molecule is Nc1ccnc(CN2CCCC(c3nc(-c4ccccc4)n[nH]3)C2)n1. The number of rotatable bonds is 4. The van der Waals surface area contributed by atoms with Crippen molar-refractivity contribution in [2.45, 2.75) is 25.3 Å². The first-order chi connectivity index (χ1) is 12.3. The fourth-order valence-corrected chi connectivity index (χ4v) is 3.29. The lowest BCUT2D eigenvalue weighted by molar-refractivity contribution is 0.192. The highest BCUT2D eigenvalue weighted by Gasteiger charge is 2.24. The second kappa shape index (κ2) is 6.98. The van der Waals surface area contributed by atoms with Gasteiger partial charge < -0.3 is 5.73 Å². The largest absolute Gasteiger partial charge is 0.384 e. The third kappa shape index (κ3) is 3.66. The molecule has 3 heterocycles. The quantitative estimate of drug-likeness (QED) is 0.759. The average Bonchev–Trinajstić information content (AvgIpc) is 3.13. The van der Waals surface area contributed by atoms with Crippen LogP contribution in [0.15, 0.2) is 42.6 Å². The maximum atomic E-state index is 5.75. The van der Waals surface area contributed by atoms with Gasteiger partial charge in [0.25, 0.3) is 0 Å². The van der Waals surface area contributed by atoms with E-state index in [1.807, 2.05) is 30.3 Å². The lowest BCUT2D eigenvalue weighted by Gasteiger charge is -2.30. The van der Waals surface area contributed by atoms with Gasteiger partial charge in [-0.2, -0.15) is 5.10 Å². The second-order valence-corrected chi connectivity index (χ2v) is 6.38. The molecule has 3 N–H and O–H groups in total. The predicted molar refractivity (Wildman–Crippen MR) is 95.5 cm³/mol. The molecular weight excluding hydrogens is 314 g/mol. The summed E-state index contributed by atoms with van der Waals surface area (Å²) in [6.07, 6.45) is 3.94. The Balaban J connectivity index is 1.45. The Hall–Kier alpha value is -2.80. The molecule has 4 rings (SSSR count). The summed E-state index contributed by atoms with van der Waals surface area (Å²) in [5.41, 5.74) is 6.78. The van der Waals surface area contributed by atoms with Gasteiger partial charge in [0, 0.05) is 24.2 Å². The zero-order valence-electron chi connectivity index (χ0n) is 14.0. The average molecular weight is 335 g/mol. The third-order valence-corrected chi connectivity index (χ3v) is 4.52. The Labute approximate surface area is 146 Å². The van der Waals surface area contributed by atoms with E-state index in [-0.39, 0.29) is 0 Å². The van der Waals surface area contributed by atoms with Crippen LogP contribution >= 0.6 is 0 Å². The highest BCUT2D eigenvalue weighted by atomic mass is 15.2. The summed E-state index contributed by atoms with van der Waals surface area (Å²) in [6.45, 7) is 2.66. The van der Waals surface area contributed by atoms with E-state index in [1.54, 1.807) is 12.3 Å². The van der Waals surface area contributed by atoms with Gasteiger partial charge in [0.1, 0.15) is 17.5 Å². The van der Waals surface area contributed by atoms with Crippen LogP contribution in [-0.4, -0.2) is 43.1 Å². The Bertz CT molecular complexity index is 830. The summed E-state index contributed by atoms with van der Waals surface area (Å²) < 4.78 is 0. The summed E-state index contributed by atoms with van der Waals surface area (Å²) in [6, 6.07) is 11.8. The second-order valence-electron chi connectivity index (χ2n) is 6.38. The maximum Gasteiger partial charge on any atom is 0.181 e. The molecule has 7 nitrogen and oxygen atoms in total. The van der Waals surface area contributed by atoms with Gasteiger partial charge in [-0.05, 0) is 25.5 Å². The minimum Gasteiger partial charge on any atom is -0.384 e. The van der Waals surface area contributed by atoms with Crippen LogP contribution < -0.4 is 5.73 Å². The van der Waals surface area contributed by atoms with Crippen molar-refractivity contribution in [2.24, 2.45) is 0 Å². The van der Waals surface area contributed by atoms with Gasteiger partial charge >= 0.3 is 0 Å². The first kappa shape index (κ1) is 15.7. The molecule has 0 bridgehead atoms. The van der Waals surface area contributed by atoms with Crippen molar-refractivity contribution in [1.29, 1.82) is 0 Å². The lowest BCUT2D eigenvalue weighted by atomic mass is 9.97. The van der Waals surface area contributed by atoms with Gasteiger partial charge in [-0.15, -0.1) is 0 Å². The van der Waals surface area contributed by atoms with Crippen LogP contribution in [0.3, 0.4) is 0 Å². The summed E-state index contributed by atoms with van der Waals surface area (Å²) in [4.78, 5) is 15.7. The molecule has 1 aliphatic rings. The number of likely N-dealkylation sites (tertiary alicyclic amines) is 1. The Morgan fingerprint density at radius 2 is 2.04 bits per heavy atom. The number of H-pyrrole nitrogens is 1. The summed E-state index contributed by atoms with van der Waals surface area (Å²) >= 11 is 0. The Kier molecular flexibility index (Phi) is 4.39. The third-order valence-electron chi connectivity index (χ3n) is 4.52. The van der Waals surface area contributed by atoms with Crippen LogP contribution in [0.25, 0.3) is 11.4 Å². The molecule has 0 saturated carbocycles. The Morgan fingerprint density at radius 1 is 1.16 bits per heavy atom. The van der Waals surface area contributed by atoms with Crippen molar-refractivity contribution < 1.29 is 0 Å². The van der Waals surface area contributed by atoms with E-state index in [9.17, 15) is 0 Å². The van der Waals surface area contributed by atoms with E-state index >= 15 is 0 Å². The number of benzene rings is 1. The van der Waals surface area contributed by atoms with Gasteiger partial charge in [0.15, 0.2) is 5.82 Å². The van der Waals surface area contributed by atoms with Gasteiger partial charge in [-0.1, -0.05) is 30.3 Å². The zero-order valence-corrected chi connectivity index (χ0v) is 14.0. The van der Waals surface area contributed by atoms with Crippen molar-refractivity contribution in [3.05, 3.63) is 54.2 Å². The van der Waals surface area contributed by atoms with E-state index in [4.69, 9.17) is 10.7 Å². The van der Waals surface area contributed by atoms with Gasteiger partial charge in [-0.25, -0.2) is 15.0 Å². The molecule has 7 heteroatoms. The molecule has 2 aromatic heterocycles. The predicted octanol–water partition coefficient (Wildman–Crippen LogP) is 2.22. The number of hydrogen-bond donors (Lipinski definition) is 2. The number of aromatic amines is 1. The number of nitrogens with two attached hydrogens (primary N) is 1. The molecule has 1 aliphatic heterocycles. The van der Waals surface area contributed by atoms with E-state index < -0.39 is 0 Å². The van der Waals surface area contributed by atoms with Crippen LogP contribution in [0.1, 0.15) is 30.4 Å². The molecule has 1 saturated heterocycles. The van der Waals surface area contributed by atoms with Gasteiger partial charge in [0.05, 0.1) is 6.54 Å². The lowest BCUT2D eigenvalue weighted by Crippen LogP contribution is -2.34. The van der Waals surface area contributed by atoms with Crippen molar-refractivity contribution in [1.82, 2.24) is 30.0 Å². The number of hydrogen-bond acceptors (Lipinski definition) is 6. The fraction of sp³-hybridized carbons (Fsp3) is 0.333. The first-order valence-corrected chi connectivity index (χ1v) is 8.55. The van der Waals surface area contributed by atoms with E-state index in [2.05, 4.69) is 25.1 Å². The van der Waals surface area contributed by atoms with E-state index in [1.165, 1.54) is 0 Å². The van der Waals surface area contributed by atoms with Crippen molar-refractivity contribution >= 4 is 5.82 Å². The van der Waals surface area contributed by atoms with Crippen LogP contribution in [-0.2, 0) is 6.54 Å². The molecule has 0 amide bonds. The summed E-state index contributed by atoms with van der Waals surface area (Å²) in [7, 11) is 0. The highest BCUT2D eigenvalue weighted by Crippen LogP contribution is 2.26. The maximum absolute atomic E-state index is 5.75. The molecule has 1 fully saturated rings. The molecule has 25 heavy (non-hydrogen) atoms. The van der Waals surface area contributed by atoms with Crippen molar-refractivity contribution in [3.63, 3.8) is 0 Å². The highest BCUT2D eigenvalue weighted by molar-refractivity contribution is 5.53. The number of nitrogens with zero attached hydrogens (tertiary/aromatic N) is 5. The number of aromatic nitrogens is 5. The van der Waals surface area contributed by atoms with E-state index in [0.29, 0.717) is 18.3 Å². The smallest absolute Gasteiger partial charge is 0.181 e. The van der Waals surface area contributed by atoms with Crippen LogP contribution in [0.5, 0.6) is 0 Å². The number of anilines is 1. The molecule has 0 spiro atoms. The minimum atomic E-state index is 0.347. The molecule has 3 aromatic rings. The van der Waals surface area contributed by atoms with Crippen LogP contribution in [0, 0.1) is 0 Å². The standard InChI is InChI=1S/C18H21N7/c19-15-8-9-20-16(21-15)12-25-10-4-7-14(11-25)18-22-17(23-24-18)13-5-2-1-3-6-13/h1-3,5-6,8-9,14H,4,7,10-12H2,(H2,19,20,21)(H,22,23,24). The van der Waals surface area contributed by atoms with Crippen molar-refractivity contribution in [3.8, 4) is 11.4 Å². The molecular formula is C18H21N7. The molecule has 1 unspecified atom stereocenters. The number of piperidine rings is 1. The van der Waals surface area contributed by atoms with Crippen LogP contribution in [0.2, 0.25) is 0 Å². The monoisotopic (exact) mass is 335 g/mol. The van der Waals surface area contributed by atoms with Gasteiger partial charge in [0.2, 0.25) is 0 Å². The molecule has 0 aliphatic carbocycles. The van der Waals surface area contributed by atoms with Gasteiger partial charge in [-0.3, -0.25) is 10.00 Å². The normalized spacial score (nSPS) is 18.3. The molecule has 128 valence electrons. The first-order valence-electron chi connectivity index (χ1n) is 8.55. The molecule has 1 aromatic carbocycles. The summed E-state index contributed by atoms with van der Waals surface area (Å²) in [5.74, 6) is 3.34. The minimum absolute atomic E-state index is 0.347. The number of nitrogens with one attached hydrogen (secondary N) is 1.